The SMILES string of the molecule is NOCC1CCCCN1Cc1ccc2c(c1)OCO2. The van der Waals surface area contributed by atoms with E-state index in [1.807, 2.05) is 6.07 Å². The van der Waals surface area contributed by atoms with Gasteiger partial charge in [-0.25, -0.2) is 5.90 Å². The lowest BCUT2D eigenvalue weighted by Gasteiger charge is -2.35. The molecule has 2 heterocycles. The van der Waals surface area contributed by atoms with Crippen LogP contribution in [0.4, 0.5) is 0 Å². The van der Waals surface area contributed by atoms with Gasteiger partial charge in [0.05, 0.1) is 6.61 Å². The smallest absolute Gasteiger partial charge is 0.231 e. The monoisotopic (exact) mass is 264 g/mol. The summed E-state index contributed by atoms with van der Waals surface area (Å²) in [6.07, 6.45) is 3.65. The molecule has 19 heavy (non-hydrogen) atoms. The zero-order chi connectivity index (χ0) is 13.1. The van der Waals surface area contributed by atoms with E-state index in [1.165, 1.54) is 18.4 Å². The number of rotatable bonds is 4. The minimum atomic E-state index is 0.326. The van der Waals surface area contributed by atoms with Crippen molar-refractivity contribution < 1.29 is 14.3 Å². The molecule has 2 aliphatic rings. The van der Waals surface area contributed by atoms with Crippen LogP contribution in [0.1, 0.15) is 24.8 Å². The van der Waals surface area contributed by atoms with Crippen molar-refractivity contribution in [2.24, 2.45) is 5.90 Å². The highest BCUT2D eigenvalue weighted by molar-refractivity contribution is 5.44. The van der Waals surface area contributed by atoms with Crippen molar-refractivity contribution in [3.8, 4) is 11.5 Å². The van der Waals surface area contributed by atoms with Gasteiger partial charge in [0.25, 0.3) is 0 Å². The molecule has 0 saturated carbocycles. The van der Waals surface area contributed by atoms with E-state index >= 15 is 0 Å². The van der Waals surface area contributed by atoms with Crippen LogP contribution in [0.15, 0.2) is 18.2 Å². The quantitative estimate of drug-likeness (QED) is 0.838. The molecule has 1 unspecified atom stereocenters. The van der Waals surface area contributed by atoms with Gasteiger partial charge >= 0.3 is 0 Å². The first-order chi connectivity index (χ1) is 9.36. The van der Waals surface area contributed by atoms with E-state index in [-0.39, 0.29) is 0 Å². The summed E-state index contributed by atoms with van der Waals surface area (Å²) in [6.45, 7) is 2.93. The van der Waals surface area contributed by atoms with Gasteiger partial charge in [0.15, 0.2) is 11.5 Å². The Labute approximate surface area is 113 Å². The normalized spacial score (nSPS) is 22.7. The molecule has 3 rings (SSSR count). The standard InChI is InChI=1S/C14H20N2O3/c15-19-9-12-3-1-2-6-16(12)8-11-4-5-13-14(7-11)18-10-17-13/h4-5,7,12H,1-3,6,8-10,15H2. The highest BCUT2D eigenvalue weighted by atomic mass is 16.7. The van der Waals surface area contributed by atoms with Crippen molar-refractivity contribution in [2.75, 3.05) is 19.9 Å². The molecule has 0 aromatic heterocycles. The van der Waals surface area contributed by atoms with Gasteiger partial charge in [-0.1, -0.05) is 12.5 Å². The zero-order valence-electron chi connectivity index (χ0n) is 11.0. The molecular weight excluding hydrogens is 244 g/mol. The van der Waals surface area contributed by atoms with E-state index in [0.29, 0.717) is 19.4 Å². The van der Waals surface area contributed by atoms with Crippen LogP contribution in [0.2, 0.25) is 0 Å². The number of hydrogen-bond donors (Lipinski definition) is 1. The predicted octanol–water partition coefficient (Wildman–Crippen LogP) is 1.66. The van der Waals surface area contributed by atoms with Crippen LogP contribution in [0, 0.1) is 0 Å². The van der Waals surface area contributed by atoms with Crippen molar-refractivity contribution >= 4 is 0 Å². The lowest BCUT2D eigenvalue weighted by Crippen LogP contribution is -2.42. The number of piperidine rings is 1. The Morgan fingerprint density at radius 2 is 2.16 bits per heavy atom. The first-order valence-corrected chi connectivity index (χ1v) is 6.81. The zero-order valence-corrected chi connectivity index (χ0v) is 11.0. The molecule has 0 amide bonds. The van der Waals surface area contributed by atoms with Crippen molar-refractivity contribution in [3.05, 3.63) is 23.8 Å². The summed E-state index contributed by atoms with van der Waals surface area (Å²) in [5.41, 5.74) is 1.24. The molecule has 1 aromatic rings. The lowest BCUT2D eigenvalue weighted by molar-refractivity contribution is 0.0360. The Morgan fingerprint density at radius 3 is 3.05 bits per heavy atom. The maximum absolute atomic E-state index is 5.42. The third-order valence-corrected chi connectivity index (χ3v) is 3.86. The summed E-state index contributed by atoms with van der Waals surface area (Å²) in [5.74, 6) is 6.91. The molecule has 1 atom stereocenters. The molecule has 1 saturated heterocycles. The summed E-state index contributed by atoms with van der Waals surface area (Å²) in [4.78, 5) is 7.28. The van der Waals surface area contributed by atoms with Crippen LogP contribution in [-0.2, 0) is 11.4 Å². The van der Waals surface area contributed by atoms with Gasteiger partial charge in [-0.15, -0.1) is 0 Å². The van der Waals surface area contributed by atoms with E-state index in [2.05, 4.69) is 17.0 Å². The van der Waals surface area contributed by atoms with Crippen molar-refractivity contribution in [2.45, 2.75) is 31.8 Å². The summed E-state index contributed by atoms with van der Waals surface area (Å²) in [5, 5.41) is 0. The second-order valence-corrected chi connectivity index (χ2v) is 5.14. The molecule has 1 fully saturated rings. The summed E-state index contributed by atoms with van der Waals surface area (Å²) in [6, 6.07) is 6.57. The van der Waals surface area contributed by atoms with Gasteiger partial charge in [-0.2, -0.15) is 0 Å². The molecule has 104 valence electrons. The molecule has 0 radical (unpaired) electrons. The number of likely N-dealkylation sites (tertiary alicyclic amines) is 1. The number of ether oxygens (including phenoxy) is 2. The number of fused-ring (bicyclic) bond motifs is 1. The van der Waals surface area contributed by atoms with Crippen LogP contribution in [-0.4, -0.2) is 30.9 Å². The van der Waals surface area contributed by atoms with Crippen molar-refractivity contribution in [1.82, 2.24) is 4.90 Å². The van der Waals surface area contributed by atoms with Gasteiger partial charge < -0.3 is 14.3 Å². The molecule has 5 nitrogen and oxygen atoms in total. The Bertz CT molecular complexity index is 437. The van der Waals surface area contributed by atoms with E-state index < -0.39 is 0 Å². The minimum Gasteiger partial charge on any atom is -0.454 e. The predicted molar refractivity (Wildman–Crippen MR) is 70.8 cm³/mol. The number of hydrogen-bond acceptors (Lipinski definition) is 5. The molecule has 0 aliphatic carbocycles. The highest BCUT2D eigenvalue weighted by Crippen LogP contribution is 2.33. The van der Waals surface area contributed by atoms with E-state index in [1.54, 1.807) is 0 Å². The Balaban J connectivity index is 1.69. The van der Waals surface area contributed by atoms with Crippen LogP contribution in [0.3, 0.4) is 0 Å². The minimum absolute atomic E-state index is 0.326. The largest absolute Gasteiger partial charge is 0.454 e. The molecule has 5 heteroatoms. The summed E-state index contributed by atoms with van der Waals surface area (Å²) < 4.78 is 10.7. The van der Waals surface area contributed by atoms with Crippen LogP contribution >= 0.6 is 0 Å². The van der Waals surface area contributed by atoms with Gasteiger partial charge in [-0.3, -0.25) is 4.90 Å². The van der Waals surface area contributed by atoms with Crippen LogP contribution < -0.4 is 15.4 Å². The van der Waals surface area contributed by atoms with E-state index in [0.717, 1.165) is 31.0 Å². The topological polar surface area (TPSA) is 57.0 Å². The number of nitrogens with zero attached hydrogens (tertiary/aromatic N) is 1. The average molecular weight is 264 g/mol. The van der Waals surface area contributed by atoms with E-state index in [4.69, 9.17) is 20.2 Å². The maximum atomic E-state index is 5.42. The third kappa shape index (κ3) is 2.83. The van der Waals surface area contributed by atoms with Gasteiger partial charge in [0.2, 0.25) is 6.79 Å². The maximum Gasteiger partial charge on any atom is 0.231 e. The summed E-state index contributed by atoms with van der Waals surface area (Å²) >= 11 is 0. The Kier molecular flexibility index (Phi) is 3.87. The molecule has 1 aromatic carbocycles. The second-order valence-electron chi connectivity index (χ2n) is 5.14. The van der Waals surface area contributed by atoms with Crippen molar-refractivity contribution in [1.29, 1.82) is 0 Å². The lowest BCUT2D eigenvalue weighted by atomic mass is 10.0. The summed E-state index contributed by atoms with van der Waals surface area (Å²) in [7, 11) is 0. The van der Waals surface area contributed by atoms with Gasteiger partial charge in [0.1, 0.15) is 0 Å². The second kappa shape index (κ2) is 5.77. The Hall–Kier alpha value is -1.30. The first kappa shape index (κ1) is 12.7. The van der Waals surface area contributed by atoms with Gasteiger partial charge in [0, 0.05) is 12.6 Å². The molecule has 0 spiro atoms. The average Bonchev–Trinajstić information content (AvgIpc) is 2.89. The molecule has 2 aliphatic heterocycles. The fourth-order valence-electron chi connectivity index (χ4n) is 2.84. The molecule has 2 N–H and O–H groups in total. The van der Waals surface area contributed by atoms with Gasteiger partial charge in [-0.05, 0) is 37.1 Å². The number of benzene rings is 1. The highest BCUT2D eigenvalue weighted by Gasteiger charge is 2.23. The Morgan fingerprint density at radius 1 is 1.26 bits per heavy atom. The van der Waals surface area contributed by atoms with E-state index in [9.17, 15) is 0 Å². The first-order valence-electron chi connectivity index (χ1n) is 6.81. The fraction of sp³-hybridized carbons (Fsp3) is 0.571. The van der Waals surface area contributed by atoms with Crippen molar-refractivity contribution in [3.63, 3.8) is 0 Å². The fourth-order valence-corrected chi connectivity index (χ4v) is 2.84. The van der Waals surface area contributed by atoms with Crippen LogP contribution in [0.5, 0.6) is 11.5 Å². The molecular formula is C14H20N2O3. The third-order valence-electron chi connectivity index (χ3n) is 3.86. The van der Waals surface area contributed by atoms with Crippen LogP contribution in [0.25, 0.3) is 0 Å². The molecule has 0 bridgehead atoms. The number of nitrogens with two attached hydrogens (primary N) is 1.